The van der Waals surface area contributed by atoms with Crippen molar-refractivity contribution in [3.05, 3.63) is 0 Å². The van der Waals surface area contributed by atoms with Gasteiger partial charge in [-0.25, -0.2) is 0 Å². The van der Waals surface area contributed by atoms with E-state index in [1.807, 2.05) is 4.90 Å². The lowest BCUT2D eigenvalue weighted by Gasteiger charge is -2.36. The van der Waals surface area contributed by atoms with Gasteiger partial charge in [0.25, 0.3) is 0 Å². The summed E-state index contributed by atoms with van der Waals surface area (Å²) in [4.78, 5) is 1.97. The molecule has 2 saturated carbocycles. The Hall–Kier alpha value is -0.0400. The van der Waals surface area contributed by atoms with Crippen LogP contribution in [0.15, 0.2) is 0 Å². The molecule has 1 saturated heterocycles. The number of piperidine rings is 1. The second-order valence-electron chi connectivity index (χ2n) is 8.79. The summed E-state index contributed by atoms with van der Waals surface area (Å²) in [7, 11) is 0. The van der Waals surface area contributed by atoms with Crippen molar-refractivity contribution in [1.29, 1.82) is 0 Å². The number of hydrogen-bond donors (Lipinski definition) is 1. The van der Waals surface area contributed by atoms with Crippen LogP contribution in [0.1, 0.15) is 84.0 Å². The Kier molecular flexibility index (Phi) is 6.03. The molecule has 0 bridgehead atoms. The first-order valence-corrected chi connectivity index (χ1v) is 10.1. The molecule has 3 fully saturated rings. The zero-order valence-corrected chi connectivity index (χ0v) is 14.4. The maximum absolute atomic E-state index is 2.48. The molecule has 1 heteroatoms. The van der Waals surface area contributed by atoms with Gasteiger partial charge in [0, 0.05) is 11.8 Å². The van der Waals surface area contributed by atoms with Crippen LogP contribution in [0.4, 0.5) is 0 Å². The molecule has 2 aliphatic carbocycles. The lowest BCUT2D eigenvalue weighted by atomic mass is 9.79. The summed E-state index contributed by atoms with van der Waals surface area (Å²) in [6, 6.07) is 0. The van der Waals surface area contributed by atoms with Gasteiger partial charge in [0.2, 0.25) is 0 Å². The minimum atomic E-state index is 1.01. The summed E-state index contributed by atoms with van der Waals surface area (Å²) in [5, 5.41) is 0. The van der Waals surface area contributed by atoms with Crippen molar-refractivity contribution in [1.82, 2.24) is 0 Å². The van der Waals surface area contributed by atoms with Crippen molar-refractivity contribution in [3.63, 3.8) is 0 Å². The van der Waals surface area contributed by atoms with Gasteiger partial charge in [0.05, 0.1) is 19.6 Å². The third-order valence-corrected chi connectivity index (χ3v) is 6.73. The highest BCUT2D eigenvalue weighted by atomic mass is 15.1. The van der Waals surface area contributed by atoms with E-state index in [9.17, 15) is 0 Å². The van der Waals surface area contributed by atoms with Gasteiger partial charge in [-0.3, -0.25) is 0 Å². The third kappa shape index (κ3) is 4.98. The molecule has 0 amide bonds. The van der Waals surface area contributed by atoms with Gasteiger partial charge in [-0.2, -0.15) is 0 Å². The van der Waals surface area contributed by atoms with Crippen LogP contribution in [0.3, 0.4) is 0 Å². The van der Waals surface area contributed by atoms with Crippen molar-refractivity contribution in [2.75, 3.05) is 19.6 Å². The molecule has 0 radical (unpaired) electrons. The Morgan fingerprint density at radius 1 is 0.762 bits per heavy atom. The first kappa shape index (κ1) is 15.8. The van der Waals surface area contributed by atoms with E-state index in [-0.39, 0.29) is 0 Å². The number of rotatable bonds is 4. The highest BCUT2D eigenvalue weighted by Gasteiger charge is 2.29. The molecule has 1 heterocycles. The van der Waals surface area contributed by atoms with Crippen LogP contribution in [0.25, 0.3) is 0 Å². The lowest BCUT2D eigenvalue weighted by molar-refractivity contribution is -0.912. The Morgan fingerprint density at radius 3 is 2.33 bits per heavy atom. The maximum atomic E-state index is 2.48. The Bertz CT molecular complexity index is 294. The third-order valence-electron chi connectivity index (χ3n) is 6.73. The van der Waals surface area contributed by atoms with E-state index in [1.54, 1.807) is 25.7 Å². The van der Waals surface area contributed by atoms with Crippen LogP contribution < -0.4 is 4.90 Å². The van der Waals surface area contributed by atoms with Gasteiger partial charge < -0.3 is 4.90 Å². The van der Waals surface area contributed by atoms with Crippen LogP contribution in [0, 0.1) is 23.7 Å². The van der Waals surface area contributed by atoms with Crippen LogP contribution >= 0.6 is 0 Å². The highest BCUT2D eigenvalue weighted by molar-refractivity contribution is 4.73. The molecule has 4 atom stereocenters. The summed E-state index contributed by atoms with van der Waals surface area (Å²) >= 11 is 0. The van der Waals surface area contributed by atoms with Gasteiger partial charge in [0.15, 0.2) is 0 Å². The van der Waals surface area contributed by atoms with E-state index >= 15 is 0 Å². The average Bonchev–Trinajstić information content (AvgIpc) is 2.49. The van der Waals surface area contributed by atoms with Gasteiger partial charge in [-0.15, -0.1) is 0 Å². The molecule has 0 spiro atoms. The van der Waals surface area contributed by atoms with E-state index in [1.165, 1.54) is 71.0 Å². The molecule has 0 aromatic carbocycles. The van der Waals surface area contributed by atoms with Crippen LogP contribution in [0.5, 0.6) is 0 Å². The largest absolute Gasteiger partial charge is 0.334 e. The molecule has 1 aliphatic heterocycles. The van der Waals surface area contributed by atoms with Crippen LogP contribution in [0.2, 0.25) is 0 Å². The first-order chi connectivity index (χ1) is 10.3. The van der Waals surface area contributed by atoms with Crippen molar-refractivity contribution in [2.45, 2.75) is 84.0 Å². The SMILES string of the molecule is CC1CCCC(C[NH+]2CCCC(CC3CCCCC3)C2)C1. The first-order valence-electron chi connectivity index (χ1n) is 10.1. The van der Waals surface area contributed by atoms with E-state index in [0.29, 0.717) is 0 Å². The normalized spacial score (nSPS) is 39.3. The Labute approximate surface area is 132 Å². The quantitative estimate of drug-likeness (QED) is 0.796. The zero-order chi connectivity index (χ0) is 14.5. The second-order valence-corrected chi connectivity index (χ2v) is 8.79. The van der Waals surface area contributed by atoms with Gasteiger partial charge in [-0.1, -0.05) is 51.9 Å². The zero-order valence-electron chi connectivity index (χ0n) is 14.4. The molecule has 1 N–H and O–H groups in total. The van der Waals surface area contributed by atoms with E-state index < -0.39 is 0 Å². The summed E-state index contributed by atoms with van der Waals surface area (Å²) in [6.45, 7) is 6.97. The van der Waals surface area contributed by atoms with Crippen molar-refractivity contribution in [2.24, 2.45) is 23.7 Å². The van der Waals surface area contributed by atoms with Crippen molar-refractivity contribution in [3.8, 4) is 0 Å². The number of likely N-dealkylation sites (tertiary alicyclic amines) is 1. The monoisotopic (exact) mass is 292 g/mol. The van der Waals surface area contributed by atoms with Crippen LogP contribution in [-0.2, 0) is 0 Å². The Balaban J connectivity index is 1.42. The lowest BCUT2D eigenvalue weighted by Crippen LogP contribution is -3.14. The van der Waals surface area contributed by atoms with E-state index in [4.69, 9.17) is 0 Å². The minimum Gasteiger partial charge on any atom is -0.334 e. The molecule has 21 heavy (non-hydrogen) atoms. The summed E-state index contributed by atoms with van der Waals surface area (Å²) in [5.41, 5.74) is 0. The van der Waals surface area contributed by atoms with Crippen molar-refractivity contribution < 1.29 is 4.90 Å². The standard InChI is InChI=1S/C20H37N/c1-17-7-5-10-19(13-17)15-21-12-6-11-20(16-21)14-18-8-3-2-4-9-18/h17-20H,2-16H2,1H3/p+1. The fourth-order valence-electron chi connectivity index (χ4n) is 5.69. The van der Waals surface area contributed by atoms with Crippen LogP contribution in [-0.4, -0.2) is 19.6 Å². The molecule has 122 valence electrons. The smallest absolute Gasteiger partial charge is 0.0799 e. The highest BCUT2D eigenvalue weighted by Crippen LogP contribution is 2.31. The van der Waals surface area contributed by atoms with Gasteiger partial charge >= 0.3 is 0 Å². The molecule has 0 aromatic heterocycles. The second kappa shape index (κ2) is 7.99. The molecule has 3 aliphatic rings. The fourth-order valence-corrected chi connectivity index (χ4v) is 5.69. The summed E-state index contributed by atoms with van der Waals surface area (Å²) in [6.07, 6.45) is 18.3. The van der Waals surface area contributed by atoms with E-state index in [0.717, 1.165) is 23.7 Å². The molecular formula is C20H38N+. The van der Waals surface area contributed by atoms with Gasteiger partial charge in [-0.05, 0) is 43.9 Å². The fraction of sp³-hybridized carbons (Fsp3) is 1.00. The molecule has 0 aromatic rings. The molecule has 1 nitrogen and oxygen atoms in total. The maximum Gasteiger partial charge on any atom is 0.0799 e. The number of hydrogen-bond acceptors (Lipinski definition) is 0. The average molecular weight is 293 g/mol. The molecular weight excluding hydrogens is 254 g/mol. The van der Waals surface area contributed by atoms with E-state index in [2.05, 4.69) is 6.92 Å². The minimum absolute atomic E-state index is 1.01. The van der Waals surface area contributed by atoms with Crippen molar-refractivity contribution >= 4 is 0 Å². The number of nitrogens with one attached hydrogen (secondary N) is 1. The molecule has 3 rings (SSSR count). The predicted octanol–water partition coefficient (Wildman–Crippen LogP) is 4.08. The Morgan fingerprint density at radius 2 is 1.52 bits per heavy atom. The molecule has 4 unspecified atom stereocenters. The topological polar surface area (TPSA) is 4.44 Å². The predicted molar refractivity (Wildman–Crippen MR) is 90.6 cm³/mol. The summed E-state index contributed by atoms with van der Waals surface area (Å²) in [5.74, 6) is 4.22. The van der Waals surface area contributed by atoms with Gasteiger partial charge in [0.1, 0.15) is 0 Å². The number of quaternary nitrogens is 1. The summed E-state index contributed by atoms with van der Waals surface area (Å²) < 4.78 is 0.